The van der Waals surface area contributed by atoms with Gasteiger partial charge in [0.2, 0.25) is 5.91 Å². The number of nitrogens with zero attached hydrogens (tertiary/aromatic N) is 1. The molecule has 1 aromatic carbocycles. The Bertz CT molecular complexity index is 433. The maximum absolute atomic E-state index is 12.3. The minimum absolute atomic E-state index is 0.00655. The minimum atomic E-state index is -0.119. The summed E-state index contributed by atoms with van der Waals surface area (Å²) in [5.41, 5.74) is 6.87. The van der Waals surface area contributed by atoms with Gasteiger partial charge in [0.25, 0.3) is 0 Å². The van der Waals surface area contributed by atoms with Gasteiger partial charge >= 0.3 is 0 Å². The Morgan fingerprint density at radius 2 is 2.00 bits per heavy atom. The zero-order valence-corrected chi connectivity index (χ0v) is 12.5. The van der Waals surface area contributed by atoms with Crippen LogP contribution in [0.2, 0.25) is 5.02 Å². The Labute approximate surface area is 119 Å². The van der Waals surface area contributed by atoms with Gasteiger partial charge in [0, 0.05) is 5.69 Å². The van der Waals surface area contributed by atoms with E-state index in [0.29, 0.717) is 16.4 Å². The predicted molar refractivity (Wildman–Crippen MR) is 81.5 cm³/mol. The fourth-order valence-corrected chi connectivity index (χ4v) is 2.24. The topological polar surface area (TPSA) is 58.4 Å². The van der Waals surface area contributed by atoms with E-state index in [-0.39, 0.29) is 11.9 Å². The largest absolute Gasteiger partial charge is 0.397 e. The van der Waals surface area contributed by atoms with E-state index in [9.17, 15) is 4.79 Å². The van der Waals surface area contributed by atoms with Crippen molar-refractivity contribution in [2.24, 2.45) is 0 Å². The third kappa shape index (κ3) is 4.11. The van der Waals surface area contributed by atoms with Gasteiger partial charge in [-0.15, -0.1) is 0 Å². The molecule has 0 aliphatic heterocycles. The lowest BCUT2D eigenvalue weighted by atomic mass is 10.1. The molecule has 3 N–H and O–H groups in total. The first-order valence-electron chi connectivity index (χ1n) is 6.63. The summed E-state index contributed by atoms with van der Waals surface area (Å²) >= 11 is 5.86. The van der Waals surface area contributed by atoms with Crippen molar-refractivity contribution < 1.29 is 4.79 Å². The number of benzene rings is 1. The van der Waals surface area contributed by atoms with Crippen LogP contribution in [0.3, 0.4) is 0 Å². The number of rotatable bonds is 6. The number of nitrogens with one attached hydrogen (secondary N) is 1. The Morgan fingerprint density at radius 3 is 2.47 bits per heavy atom. The van der Waals surface area contributed by atoms with Crippen molar-refractivity contribution in [3.05, 3.63) is 23.2 Å². The van der Waals surface area contributed by atoms with E-state index in [0.717, 1.165) is 19.5 Å². The van der Waals surface area contributed by atoms with E-state index in [1.54, 1.807) is 18.2 Å². The van der Waals surface area contributed by atoms with Gasteiger partial charge in [-0.2, -0.15) is 0 Å². The monoisotopic (exact) mass is 283 g/mol. The molecule has 0 heterocycles. The standard InChI is InChI=1S/C14H22ClN3O/c1-4-13(18(5-2)6-3)14(19)17-10-7-8-11(15)12(16)9-10/h7-9,13H,4-6,16H2,1-3H3,(H,17,19). The van der Waals surface area contributed by atoms with Crippen LogP contribution in [-0.2, 0) is 4.79 Å². The third-order valence-corrected chi connectivity index (χ3v) is 3.55. The van der Waals surface area contributed by atoms with Crippen LogP contribution < -0.4 is 11.1 Å². The van der Waals surface area contributed by atoms with Crippen LogP contribution in [0.1, 0.15) is 27.2 Å². The summed E-state index contributed by atoms with van der Waals surface area (Å²) in [6.45, 7) is 7.83. The van der Waals surface area contributed by atoms with Gasteiger partial charge in [-0.3, -0.25) is 9.69 Å². The van der Waals surface area contributed by atoms with E-state index in [4.69, 9.17) is 17.3 Å². The lowest BCUT2D eigenvalue weighted by molar-refractivity contribution is -0.121. The zero-order chi connectivity index (χ0) is 14.4. The highest BCUT2D eigenvalue weighted by Gasteiger charge is 2.21. The third-order valence-electron chi connectivity index (χ3n) is 3.21. The number of nitrogen functional groups attached to an aromatic ring is 1. The van der Waals surface area contributed by atoms with Crippen molar-refractivity contribution in [1.82, 2.24) is 4.90 Å². The van der Waals surface area contributed by atoms with Gasteiger partial charge in [0.1, 0.15) is 0 Å². The Balaban J connectivity index is 2.79. The highest BCUT2D eigenvalue weighted by atomic mass is 35.5. The summed E-state index contributed by atoms with van der Waals surface area (Å²) in [5, 5.41) is 3.39. The molecule has 0 aromatic heterocycles. The lowest BCUT2D eigenvalue weighted by Gasteiger charge is -2.27. The molecule has 0 spiro atoms. The molecule has 1 aromatic rings. The molecule has 0 aliphatic carbocycles. The fraction of sp³-hybridized carbons (Fsp3) is 0.500. The van der Waals surface area contributed by atoms with Crippen LogP contribution in [0, 0.1) is 0 Å². The molecule has 4 nitrogen and oxygen atoms in total. The van der Waals surface area contributed by atoms with Gasteiger partial charge in [0.05, 0.1) is 16.8 Å². The van der Waals surface area contributed by atoms with Gasteiger partial charge in [-0.1, -0.05) is 32.4 Å². The molecule has 0 bridgehead atoms. The van der Waals surface area contributed by atoms with Crippen molar-refractivity contribution >= 4 is 28.9 Å². The maximum Gasteiger partial charge on any atom is 0.241 e. The number of likely N-dealkylation sites (N-methyl/N-ethyl adjacent to an activating group) is 1. The van der Waals surface area contributed by atoms with Gasteiger partial charge in [-0.05, 0) is 37.7 Å². The van der Waals surface area contributed by atoms with Gasteiger partial charge in [0.15, 0.2) is 0 Å². The molecule has 19 heavy (non-hydrogen) atoms. The van der Waals surface area contributed by atoms with E-state index in [1.807, 2.05) is 6.92 Å². The van der Waals surface area contributed by atoms with Crippen molar-refractivity contribution in [3.63, 3.8) is 0 Å². The van der Waals surface area contributed by atoms with Crippen molar-refractivity contribution in [3.8, 4) is 0 Å². The molecule has 0 saturated carbocycles. The predicted octanol–water partition coefficient (Wildman–Crippen LogP) is 2.98. The van der Waals surface area contributed by atoms with Gasteiger partial charge < -0.3 is 11.1 Å². The average Bonchev–Trinajstić information content (AvgIpc) is 2.39. The van der Waals surface area contributed by atoms with Gasteiger partial charge in [-0.25, -0.2) is 0 Å². The van der Waals surface area contributed by atoms with Crippen LogP contribution in [0.4, 0.5) is 11.4 Å². The van der Waals surface area contributed by atoms with Crippen molar-refractivity contribution in [2.45, 2.75) is 33.2 Å². The Hall–Kier alpha value is -1.26. The summed E-state index contributed by atoms with van der Waals surface area (Å²) in [6, 6.07) is 5.00. The number of anilines is 2. The number of hydrogen-bond acceptors (Lipinski definition) is 3. The average molecular weight is 284 g/mol. The normalized spacial score (nSPS) is 12.5. The quantitative estimate of drug-likeness (QED) is 0.789. The zero-order valence-electron chi connectivity index (χ0n) is 11.7. The maximum atomic E-state index is 12.3. The molecule has 1 rings (SSSR count). The summed E-state index contributed by atoms with van der Waals surface area (Å²) in [4.78, 5) is 14.4. The highest BCUT2D eigenvalue weighted by molar-refractivity contribution is 6.33. The van der Waals surface area contributed by atoms with E-state index >= 15 is 0 Å². The van der Waals surface area contributed by atoms with Crippen molar-refractivity contribution in [1.29, 1.82) is 0 Å². The molecule has 0 radical (unpaired) electrons. The molecule has 1 amide bonds. The second-order valence-corrected chi connectivity index (χ2v) is 4.78. The second-order valence-electron chi connectivity index (χ2n) is 4.37. The minimum Gasteiger partial charge on any atom is -0.397 e. The molecule has 0 fully saturated rings. The Kier molecular flexibility index (Phi) is 6.12. The first kappa shape index (κ1) is 15.8. The van der Waals surface area contributed by atoms with Crippen LogP contribution in [0.15, 0.2) is 18.2 Å². The number of carbonyl (C=O) groups excluding carboxylic acids is 1. The summed E-state index contributed by atoms with van der Waals surface area (Å²) in [6.07, 6.45) is 0.774. The first-order valence-corrected chi connectivity index (χ1v) is 7.01. The second kappa shape index (κ2) is 7.36. The molecule has 0 aliphatic rings. The molecular weight excluding hydrogens is 262 g/mol. The highest BCUT2D eigenvalue weighted by Crippen LogP contribution is 2.22. The Morgan fingerprint density at radius 1 is 1.37 bits per heavy atom. The summed E-state index contributed by atoms with van der Waals surface area (Å²) in [5.74, 6) is -0.00655. The van der Waals surface area contributed by atoms with E-state index < -0.39 is 0 Å². The van der Waals surface area contributed by atoms with Crippen LogP contribution in [0.5, 0.6) is 0 Å². The van der Waals surface area contributed by atoms with Crippen LogP contribution >= 0.6 is 11.6 Å². The SMILES string of the molecule is CCC(C(=O)Nc1ccc(Cl)c(N)c1)N(CC)CC. The van der Waals surface area contributed by atoms with Crippen LogP contribution in [0.25, 0.3) is 0 Å². The number of halogens is 1. The molecule has 0 saturated heterocycles. The molecule has 5 heteroatoms. The van der Waals surface area contributed by atoms with E-state index in [2.05, 4.69) is 24.1 Å². The summed E-state index contributed by atoms with van der Waals surface area (Å²) < 4.78 is 0. The molecule has 1 atom stereocenters. The molecule has 106 valence electrons. The number of carbonyl (C=O) groups is 1. The van der Waals surface area contributed by atoms with E-state index in [1.165, 1.54) is 0 Å². The van der Waals surface area contributed by atoms with Crippen LogP contribution in [-0.4, -0.2) is 29.9 Å². The van der Waals surface area contributed by atoms with Crippen molar-refractivity contribution in [2.75, 3.05) is 24.1 Å². The molecular formula is C14H22ClN3O. The smallest absolute Gasteiger partial charge is 0.241 e. The lowest BCUT2D eigenvalue weighted by Crippen LogP contribution is -2.43. The summed E-state index contributed by atoms with van der Waals surface area (Å²) in [7, 11) is 0. The fourth-order valence-electron chi connectivity index (χ4n) is 2.12. The number of nitrogens with two attached hydrogens (primary N) is 1. The molecule has 1 unspecified atom stereocenters. The first-order chi connectivity index (χ1) is 9.03. The number of amides is 1. The number of hydrogen-bond donors (Lipinski definition) is 2.